The van der Waals surface area contributed by atoms with Gasteiger partial charge in [-0.2, -0.15) is 0 Å². The van der Waals surface area contributed by atoms with Crippen LogP contribution in [0.15, 0.2) is 6.20 Å². The Morgan fingerprint density at radius 2 is 2.18 bits per heavy atom. The van der Waals surface area contributed by atoms with E-state index in [1.807, 2.05) is 0 Å². The summed E-state index contributed by atoms with van der Waals surface area (Å²) >= 11 is 0.840. The average molecular weight is 261 g/mol. The number of carbonyl (C=O) groups excluding carboxylic acids is 1. The standard InChI is InChI=1S/C9H11NO6S/c1-16-9(15)5-3-10-8(17-5)7(14)4(11)2-6(12)13/h3-4,7,11,14H,2H2,1H3,(H,12,13). The number of hydrogen-bond donors (Lipinski definition) is 3. The molecule has 1 rings (SSSR count). The van der Waals surface area contributed by atoms with Gasteiger partial charge in [-0.3, -0.25) is 4.79 Å². The third-order valence-electron chi connectivity index (χ3n) is 1.91. The highest BCUT2D eigenvalue weighted by Crippen LogP contribution is 2.24. The summed E-state index contributed by atoms with van der Waals surface area (Å²) in [5.74, 6) is -1.84. The summed E-state index contributed by atoms with van der Waals surface area (Å²) in [7, 11) is 1.21. The van der Waals surface area contributed by atoms with Crippen molar-refractivity contribution < 1.29 is 29.6 Å². The van der Waals surface area contributed by atoms with E-state index in [1.165, 1.54) is 13.3 Å². The van der Waals surface area contributed by atoms with Crippen molar-refractivity contribution in [1.29, 1.82) is 0 Å². The molecule has 2 atom stereocenters. The van der Waals surface area contributed by atoms with Gasteiger partial charge in [0.1, 0.15) is 16.0 Å². The predicted molar refractivity (Wildman–Crippen MR) is 56.7 cm³/mol. The number of thiazole rings is 1. The number of hydrogen-bond acceptors (Lipinski definition) is 7. The first-order valence-electron chi connectivity index (χ1n) is 4.57. The van der Waals surface area contributed by atoms with E-state index < -0.39 is 30.6 Å². The van der Waals surface area contributed by atoms with Crippen molar-refractivity contribution in [3.63, 3.8) is 0 Å². The zero-order chi connectivity index (χ0) is 13.0. The first-order valence-corrected chi connectivity index (χ1v) is 5.39. The van der Waals surface area contributed by atoms with Gasteiger partial charge >= 0.3 is 11.9 Å². The maximum absolute atomic E-state index is 11.1. The van der Waals surface area contributed by atoms with E-state index in [-0.39, 0.29) is 9.88 Å². The molecule has 8 heteroatoms. The molecule has 2 unspecified atom stereocenters. The maximum atomic E-state index is 11.1. The zero-order valence-electron chi connectivity index (χ0n) is 8.86. The molecule has 0 spiro atoms. The van der Waals surface area contributed by atoms with Crippen LogP contribution >= 0.6 is 11.3 Å². The van der Waals surface area contributed by atoms with E-state index in [1.54, 1.807) is 0 Å². The number of carboxylic acid groups (broad SMARTS) is 1. The van der Waals surface area contributed by atoms with Gasteiger partial charge in [-0.25, -0.2) is 9.78 Å². The fraction of sp³-hybridized carbons (Fsp3) is 0.444. The van der Waals surface area contributed by atoms with Gasteiger partial charge in [-0.15, -0.1) is 11.3 Å². The molecular formula is C9H11NO6S. The Kier molecular flexibility index (Phi) is 4.55. The fourth-order valence-electron chi connectivity index (χ4n) is 1.07. The summed E-state index contributed by atoms with van der Waals surface area (Å²) in [5.41, 5.74) is 0. The summed E-state index contributed by atoms with van der Waals surface area (Å²) in [5, 5.41) is 27.5. The van der Waals surface area contributed by atoms with Crippen LogP contribution in [0.1, 0.15) is 27.2 Å². The molecule has 0 saturated heterocycles. The molecule has 0 aliphatic carbocycles. The number of esters is 1. The number of aliphatic hydroxyl groups excluding tert-OH is 2. The van der Waals surface area contributed by atoms with Crippen molar-refractivity contribution >= 4 is 23.3 Å². The van der Waals surface area contributed by atoms with E-state index in [2.05, 4.69) is 9.72 Å². The lowest BCUT2D eigenvalue weighted by Gasteiger charge is -2.12. The SMILES string of the molecule is COC(=O)c1cnc(C(O)C(O)CC(=O)O)s1. The molecule has 0 aliphatic rings. The van der Waals surface area contributed by atoms with Gasteiger partial charge < -0.3 is 20.1 Å². The van der Waals surface area contributed by atoms with Gasteiger partial charge in [0.2, 0.25) is 0 Å². The van der Waals surface area contributed by atoms with E-state index in [0.717, 1.165) is 11.3 Å². The minimum atomic E-state index is -1.47. The van der Waals surface area contributed by atoms with Crippen LogP contribution in [-0.4, -0.2) is 45.5 Å². The Hall–Kier alpha value is -1.51. The van der Waals surface area contributed by atoms with E-state index in [0.29, 0.717) is 0 Å². The van der Waals surface area contributed by atoms with Crippen molar-refractivity contribution in [2.24, 2.45) is 0 Å². The van der Waals surface area contributed by atoms with Crippen molar-refractivity contribution in [3.8, 4) is 0 Å². The van der Waals surface area contributed by atoms with Gasteiger partial charge in [0.05, 0.1) is 25.8 Å². The van der Waals surface area contributed by atoms with Crippen LogP contribution in [-0.2, 0) is 9.53 Å². The van der Waals surface area contributed by atoms with Gasteiger partial charge in [0.25, 0.3) is 0 Å². The first kappa shape index (κ1) is 13.6. The molecule has 0 fully saturated rings. The quantitative estimate of drug-likeness (QED) is 0.628. The Bertz CT molecular complexity index is 417. The lowest BCUT2D eigenvalue weighted by molar-refractivity contribution is -0.141. The fourth-order valence-corrected chi connectivity index (χ4v) is 1.96. The Balaban J connectivity index is 2.75. The third kappa shape index (κ3) is 3.48. The minimum Gasteiger partial charge on any atom is -0.481 e. The van der Waals surface area contributed by atoms with Crippen LogP contribution in [0.5, 0.6) is 0 Å². The molecule has 7 nitrogen and oxygen atoms in total. The van der Waals surface area contributed by atoms with E-state index in [4.69, 9.17) is 5.11 Å². The summed E-state index contributed by atoms with van der Waals surface area (Å²) in [6, 6.07) is 0. The van der Waals surface area contributed by atoms with E-state index >= 15 is 0 Å². The monoisotopic (exact) mass is 261 g/mol. The predicted octanol–water partition coefficient (Wildman–Crippen LogP) is -0.201. The Labute approximate surface area is 100 Å². The van der Waals surface area contributed by atoms with Crippen molar-refractivity contribution in [3.05, 3.63) is 16.1 Å². The first-order chi connectivity index (χ1) is 7.95. The van der Waals surface area contributed by atoms with Crippen LogP contribution in [0.3, 0.4) is 0 Å². The maximum Gasteiger partial charge on any atom is 0.349 e. The molecule has 3 N–H and O–H groups in total. The lowest BCUT2D eigenvalue weighted by atomic mass is 10.1. The summed E-state index contributed by atoms with van der Waals surface area (Å²) < 4.78 is 4.45. The number of nitrogens with zero attached hydrogens (tertiary/aromatic N) is 1. The number of methoxy groups -OCH3 is 1. The van der Waals surface area contributed by atoms with Crippen molar-refractivity contribution in [2.45, 2.75) is 18.6 Å². The molecule has 0 amide bonds. The average Bonchev–Trinajstić information content (AvgIpc) is 2.75. The molecule has 1 heterocycles. The molecule has 1 aromatic rings. The Morgan fingerprint density at radius 3 is 2.71 bits per heavy atom. The van der Waals surface area contributed by atoms with Crippen LogP contribution in [0.2, 0.25) is 0 Å². The largest absolute Gasteiger partial charge is 0.481 e. The number of rotatable bonds is 5. The zero-order valence-corrected chi connectivity index (χ0v) is 9.68. The molecule has 0 bridgehead atoms. The second-order valence-corrected chi connectivity index (χ2v) is 4.23. The molecule has 1 aromatic heterocycles. The highest BCUT2D eigenvalue weighted by atomic mass is 32.1. The topological polar surface area (TPSA) is 117 Å². The highest BCUT2D eigenvalue weighted by molar-refractivity contribution is 7.13. The minimum absolute atomic E-state index is 0.0687. The Morgan fingerprint density at radius 1 is 1.53 bits per heavy atom. The van der Waals surface area contributed by atoms with Crippen LogP contribution in [0, 0.1) is 0 Å². The van der Waals surface area contributed by atoms with Crippen LogP contribution < -0.4 is 0 Å². The van der Waals surface area contributed by atoms with Crippen molar-refractivity contribution in [1.82, 2.24) is 4.98 Å². The number of carbonyl (C=O) groups is 2. The van der Waals surface area contributed by atoms with Crippen LogP contribution in [0.4, 0.5) is 0 Å². The highest BCUT2D eigenvalue weighted by Gasteiger charge is 2.25. The van der Waals surface area contributed by atoms with Gasteiger partial charge in [-0.05, 0) is 0 Å². The molecule has 0 saturated carbocycles. The second kappa shape index (κ2) is 5.71. The molecule has 94 valence electrons. The smallest absolute Gasteiger partial charge is 0.349 e. The lowest BCUT2D eigenvalue weighted by Crippen LogP contribution is -2.21. The summed E-state index contributed by atoms with van der Waals surface area (Å²) in [6.07, 6.45) is -2.31. The second-order valence-electron chi connectivity index (χ2n) is 3.16. The van der Waals surface area contributed by atoms with Gasteiger partial charge in [0.15, 0.2) is 0 Å². The number of aliphatic carboxylic acids is 1. The van der Waals surface area contributed by atoms with Crippen LogP contribution in [0.25, 0.3) is 0 Å². The molecule has 17 heavy (non-hydrogen) atoms. The molecule has 0 aromatic carbocycles. The normalized spacial score (nSPS) is 14.1. The van der Waals surface area contributed by atoms with E-state index in [9.17, 15) is 19.8 Å². The number of carboxylic acids is 1. The van der Waals surface area contributed by atoms with Gasteiger partial charge in [-0.1, -0.05) is 0 Å². The van der Waals surface area contributed by atoms with Gasteiger partial charge in [0, 0.05) is 0 Å². The molecule has 0 aliphatic heterocycles. The molecule has 0 radical (unpaired) electrons. The molecular weight excluding hydrogens is 250 g/mol. The van der Waals surface area contributed by atoms with Crippen molar-refractivity contribution in [2.75, 3.05) is 7.11 Å². The third-order valence-corrected chi connectivity index (χ3v) is 2.96. The summed E-state index contributed by atoms with van der Waals surface area (Å²) in [4.78, 5) is 25.3. The summed E-state index contributed by atoms with van der Waals surface area (Å²) in [6.45, 7) is 0. The number of aromatic nitrogens is 1. The number of aliphatic hydroxyl groups is 2. The number of ether oxygens (including phenoxy) is 1.